The molecular formula is C14H9F2N3O2. The third-order valence-corrected chi connectivity index (χ3v) is 2.96. The number of halogens is 2. The van der Waals surface area contributed by atoms with Crippen molar-refractivity contribution in [3.8, 4) is 11.5 Å². The van der Waals surface area contributed by atoms with Crippen LogP contribution >= 0.6 is 0 Å². The van der Waals surface area contributed by atoms with Gasteiger partial charge in [0.2, 0.25) is 0 Å². The number of rotatable bonds is 3. The summed E-state index contributed by atoms with van der Waals surface area (Å²) in [4.78, 5) is 11.3. The zero-order valence-corrected chi connectivity index (χ0v) is 10.6. The Morgan fingerprint density at radius 3 is 2.52 bits per heavy atom. The fraction of sp³-hybridized carbons (Fsp3) is 0. The predicted molar refractivity (Wildman–Crippen MR) is 69.8 cm³/mol. The van der Waals surface area contributed by atoms with Gasteiger partial charge < -0.3 is 9.67 Å². The second-order valence-electron chi connectivity index (χ2n) is 4.28. The van der Waals surface area contributed by atoms with E-state index in [9.17, 15) is 18.7 Å². The Balaban J connectivity index is 2.26. The number of hydrogen-bond donors (Lipinski definition) is 1. The third kappa shape index (κ3) is 2.18. The van der Waals surface area contributed by atoms with Gasteiger partial charge in [0.25, 0.3) is 0 Å². The standard InChI is InChI=1S/C14H9F2N3O2/c15-9-3-4-12(11(16)7-9)19-13(18-5-1-2-6-18)10(8-17-19)14(20)21/h1-8H,(H,20,21). The number of aromatic nitrogens is 3. The molecule has 0 radical (unpaired) electrons. The first kappa shape index (κ1) is 13.0. The average Bonchev–Trinajstić information content (AvgIpc) is 3.06. The van der Waals surface area contributed by atoms with Crippen molar-refractivity contribution in [2.75, 3.05) is 0 Å². The van der Waals surface area contributed by atoms with E-state index in [4.69, 9.17) is 0 Å². The zero-order valence-electron chi connectivity index (χ0n) is 10.6. The van der Waals surface area contributed by atoms with E-state index >= 15 is 0 Å². The molecule has 3 aromatic rings. The molecule has 0 unspecified atom stereocenters. The fourth-order valence-corrected chi connectivity index (χ4v) is 2.05. The summed E-state index contributed by atoms with van der Waals surface area (Å²) in [5, 5.41) is 13.1. The molecule has 0 aliphatic heterocycles. The molecule has 3 rings (SSSR count). The van der Waals surface area contributed by atoms with E-state index in [-0.39, 0.29) is 17.1 Å². The molecular weight excluding hydrogens is 280 g/mol. The van der Waals surface area contributed by atoms with Gasteiger partial charge in [-0.05, 0) is 24.3 Å². The van der Waals surface area contributed by atoms with E-state index < -0.39 is 17.6 Å². The lowest BCUT2D eigenvalue weighted by Crippen LogP contribution is -2.09. The van der Waals surface area contributed by atoms with Crippen LogP contribution in [0.4, 0.5) is 8.78 Å². The second kappa shape index (κ2) is 4.86. The second-order valence-corrected chi connectivity index (χ2v) is 4.28. The number of nitrogens with zero attached hydrogens (tertiary/aromatic N) is 3. The molecule has 0 saturated heterocycles. The number of carboxylic acid groups (broad SMARTS) is 1. The van der Waals surface area contributed by atoms with Crippen LogP contribution in [0.2, 0.25) is 0 Å². The lowest BCUT2D eigenvalue weighted by molar-refractivity contribution is 0.0697. The van der Waals surface area contributed by atoms with Gasteiger partial charge in [-0.15, -0.1) is 0 Å². The monoisotopic (exact) mass is 289 g/mol. The van der Waals surface area contributed by atoms with E-state index in [0.29, 0.717) is 0 Å². The van der Waals surface area contributed by atoms with Gasteiger partial charge in [-0.1, -0.05) is 0 Å². The lowest BCUT2D eigenvalue weighted by atomic mass is 10.3. The van der Waals surface area contributed by atoms with Crippen LogP contribution < -0.4 is 0 Å². The van der Waals surface area contributed by atoms with Crippen LogP contribution in [-0.4, -0.2) is 25.4 Å². The number of carboxylic acids is 1. The summed E-state index contributed by atoms with van der Waals surface area (Å²) in [5.41, 5.74) is -0.123. The van der Waals surface area contributed by atoms with Crippen molar-refractivity contribution in [2.24, 2.45) is 0 Å². The van der Waals surface area contributed by atoms with Gasteiger partial charge in [0.1, 0.15) is 17.1 Å². The minimum atomic E-state index is -1.19. The summed E-state index contributed by atoms with van der Waals surface area (Å²) < 4.78 is 29.5. The van der Waals surface area contributed by atoms with Crippen LogP contribution in [0.1, 0.15) is 10.4 Å². The Kier molecular flexibility index (Phi) is 3.02. The number of benzene rings is 1. The highest BCUT2D eigenvalue weighted by molar-refractivity contribution is 5.91. The summed E-state index contributed by atoms with van der Waals surface area (Å²) in [5.74, 6) is -2.57. The van der Waals surface area contributed by atoms with E-state index in [1.165, 1.54) is 10.6 Å². The third-order valence-electron chi connectivity index (χ3n) is 2.96. The molecule has 0 fully saturated rings. The quantitative estimate of drug-likeness (QED) is 0.806. The summed E-state index contributed by atoms with van der Waals surface area (Å²) >= 11 is 0. The van der Waals surface area contributed by atoms with Crippen molar-refractivity contribution >= 4 is 5.97 Å². The number of hydrogen-bond acceptors (Lipinski definition) is 2. The molecule has 106 valence electrons. The summed E-state index contributed by atoms with van der Waals surface area (Å²) in [6.07, 6.45) is 4.35. The molecule has 0 atom stereocenters. The first-order chi connectivity index (χ1) is 10.1. The van der Waals surface area contributed by atoms with E-state index in [0.717, 1.165) is 23.0 Å². The van der Waals surface area contributed by atoms with Crippen molar-refractivity contribution < 1.29 is 18.7 Å². The average molecular weight is 289 g/mol. The minimum absolute atomic E-state index is 0.0346. The van der Waals surface area contributed by atoms with Crippen molar-refractivity contribution in [3.05, 3.63) is 66.1 Å². The van der Waals surface area contributed by atoms with Gasteiger partial charge in [0.15, 0.2) is 11.6 Å². The summed E-state index contributed by atoms with van der Waals surface area (Å²) in [6, 6.07) is 6.40. The van der Waals surface area contributed by atoms with E-state index in [1.54, 1.807) is 24.5 Å². The number of carbonyl (C=O) groups is 1. The smallest absolute Gasteiger partial charge is 0.341 e. The topological polar surface area (TPSA) is 60.0 Å². The molecule has 0 aliphatic rings. The summed E-state index contributed by atoms with van der Waals surface area (Å²) in [6.45, 7) is 0. The van der Waals surface area contributed by atoms with Crippen LogP contribution in [0, 0.1) is 11.6 Å². The van der Waals surface area contributed by atoms with Crippen molar-refractivity contribution in [1.29, 1.82) is 0 Å². The van der Waals surface area contributed by atoms with Gasteiger partial charge in [-0.25, -0.2) is 18.3 Å². The SMILES string of the molecule is O=C(O)c1cnn(-c2ccc(F)cc2F)c1-n1cccc1. The predicted octanol–water partition coefficient (Wildman–Crippen LogP) is 2.64. The molecule has 0 amide bonds. The molecule has 7 heteroatoms. The maximum atomic E-state index is 13.9. The fourth-order valence-electron chi connectivity index (χ4n) is 2.05. The van der Waals surface area contributed by atoms with E-state index in [1.807, 2.05) is 0 Å². The van der Waals surface area contributed by atoms with Gasteiger partial charge in [-0.2, -0.15) is 5.10 Å². The zero-order chi connectivity index (χ0) is 15.0. The largest absolute Gasteiger partial charge is 0.477 e. The first-order valence-electron chi connectivity index (χ1n) is 5.98. The molecule has 21 heavy (non-hydrogen) atoms. The van der Waals surface area contributed by atoms with Crippen LogP contribution in [0.25, 0.3) is 11.5 Å². The van der Waals surface area contributed by atoms with Gasteiger partial charge in [-0.3, -0.25) is 0 Å². The molecule has 1 aromatic carbocycles. The molecule has 5 nitrogen and oxygen atoms in total. The normalized spacial score (nSPS) is 10.8. The maximum Gasteiger partial charge on any atom is 0.341 e. The highest BCUT2D eigenvalue weighted by Gasteiger charge is 2.20. The van der Waals surface area contributed by atoms with Crippen LogP contribution in [0.15, 0.2) is 48.9 Å². The number of aromatic carboxylic acids is 1. The minimum Gasteiger partial charge on any atom is -0.477 e. The highest BCUT2D eigenvalue weighted by atomic mass is 19.1. The van der Waals surface area contributed by atoms with Gasteiger partial charge in [0, 0.05) is 18.5 Å². The van der Waals surface area contributed by atoms with Crippen molar-refractivity contribution in [1.82, 2.24) is 14.3 Å². The van der Waals surface area contributed by atoms with Crippen molar-refractivity contribution in [2.45, 2.75) is 0 Å². The summed E-state index contributed by atoms with van der Waals surface area (Å²) in [7, 11) is 0. The molecule has 0 saturated carbocycles. The van der Waals surface area contributed by atoms with Crippen LogP contribution in [0.5, 0.6) is 0 Å². The van der Waals surface area contributed by atoms with Gasteiger partial charge >= 0.3 is 5.97 Å². The maximum absolute atomic E-state index is 13.9. The molecule has 0 aliphatic carbocycles. The molecule has 2 heterocycles. The van der Waals surface area contributed by atoms with Crippen LogP contribution in [-0.2, 0) is 0 Å². The molecule has 1 N–H and O–H groups in total. The lowest BCUT2D eigenvalue weighted by Gasteiger charge is -2.10. The Morgan fingerprint density at radius 1 is 1.19 bits per heavy atom. The Bertz CT molecular complexity index is 810. The van der Waals surface area contributed by atoms with Gasteiger partial charge in [0.05, 0.1) is 6.20 Å². The first-order valence-corrected chi connectivity index (χ1v) is 5.98. The Hall–Kier alpha value is -2.96. The molecule has 0 bridgehead atoms. The highest BCUT2D eigenvalue weighted by Crippen LogP contribution is 2.22. The molecule has 0 spiro atoms. The van der Waals surface area contributed by atoms with Crippen LogP contribution in [0.3, 0.4) is 0 Å². The Labute approximate surface area is 117 Å². The van der Waals surface area contributed by atoms with E-state index in [2.05, 4.69) is 5.10 Å². The Morgan fingerprint density at radius 2 is 1.90 bits per heavy atom. The molecule has 2 aromatic heterocycles. The van der Waals surface area contributed by atoms with Crippen molar-refractivity contribution in [3.63, 3.8) is 0 Å².